The van der Waals surface area contributed by atoms with Gasteiger partial charge in [-0.25, -0.2) is 9.59 Å². The van der Waals surface area contributed by atoms with Crippen LogP contribution in [0.4, 0.5) is 0 Å². The van der Waals surface area contributed by atoms with Crippen LogP contribution in [0.3, 0.4) is 0 Å². The first-order valence-corrected chi connectivity index (χ1v) is 15.3. The number of esters is 2. The molecule has 0 saturated carbocycles. The molecule has 0 fully saturated rings. The maximum atomic E-state index is 14.2. The summed E-state index contributed by atoms with van der Waals surface area (Å²) in [6.45, 7) is 12.9. The van der Waals surface area contributed by atoms with Crippen LogP contribution >= 0.6 is 0 Å². The molecule has 0 radical (unpaired) electrons. The number of carbonyl (C=O) groups is 2. The van der Waals surface area contributed by atoms with Crippen LogP contribution in [-0.4, -0.2) is 23.1 Å². The summed E-state index contributed by atoms with van der Waals surface area (Å²) in [5.74, 6) is -0.823. The Hall–Kier alpha value is -2.62. The molecular weight excluding hydrogens is 484 g/mol. The summed E-state index contributed by atoms with van der Waals surface area (Å²) in [4.78, 5) is 28.4. The van der Waals surface area contributed by atoms with Gasteiger partial charge in [0.05, 0.1) is 11.1 Å². The Morgan fingerprint density at radius 3 is 1.41 bits per heavy atom. The number of carbonyl (C=O) groups excluding carboxylic acids is 2. The van der Waals surface area contributed by atoms with Crippen LogP contribution in [0, 0.1) is 29.1 Å². The van der Waals surface area contributed by atoms with E-state index in [2.05, 4.69) is 90.2 Å². The number of hydrogen-bond acceptors (Lipinski definition) is 4. The lowest BCUT2D eigenvalue weighted by molar-refractivity contribution is -0.158. The highest BCUT2D eigenvalue weighted by molar-refractivity contribution is 6.04. The minimum atomic E-state index is -0.694. The Balaban J connectivity index is 1.71. The molecule has 0 aliphatic heterocycles. The van der Waals surface area contributed by atoms with Gasteiger partial charge in [-0.3, -0.25) is 0 Å². The van der Waals surface area contributed by atoms with E-state index in [4.69, 9.17) is 9.47 Å². The average Bonchev–Trinajstić information content (AvgIpc) is 3.32. The van der Waals surface area contributed by atoms with Gasteiger partial charge in [-0.2, -0.15) is 0 Å². The maximum Gasteiger partial charge on any atom is 0.336 e. The van der Waals surface area contributed by atoms with Gasteiger partial charge in [0.15, 0.2) is 0 Å². The first kappa shape index (κ1) is 29.4. The van der Waals surface area contributed by atoms with Crippen LogP contribution in [0.15, 0.2) is 71.9 Å². The summed E-state index contributed by atoms with van der Waals surface area (Å²) in [6, 6.07) is 0. The van der Waals surface area contributed by atoms with Crippen molar-refractivity contribution >= 4 is 11.9 Å². The second kappa shape index (κ2) is 11.9. The predicted molar refractivity (Wildman–Crippen MR) is 158 cm³/mol. The Morgan fingerprint density at radius 1 is 0.641 bits per heavy atom. The standard InChI is InChI=1S/C35H48O4/c1-7-15-25-17-11-13-23-34(25,21-9-3)38-31(36)29-27-19-20-28(33(27,5)6)30(29)32(37)39-35(22-10-4)24-14-12-18-26(35)16-8-2/h11-14,17-20,23-28H,7-10,15-16,21-22H2,1-6H3. The topological polar surface area (TPSA) is 52.6 Å². The lowest BCUT2D eigenvalue weighted by atomic mass is 9.77. The van der Waals surface area contributed by atoms with E-state index in [0.717, 1.165) is 51.4 Å². The molecule has 0 aromatic heterocycles. The van der Waals surface area contributed by atoms with Gasteiger partial charge in [-0.15, -0.1) is 0 Å². The minimum absolute atomic E-state index is 0.122. The van der Waals surface area contributed by atoms with Gasteiger partial charge in [0.2, 0.25) is 0 Å². The van der Waals surface area contributed by atoms with Crippen LogP contribution in [0.5, 0.6) is 0 Å². The van der Waals surface area contributed by atoms with Gasteiger partial charge in [-0.1, -0.05) is 116 Å². The molecule has 4 heteroatoms. The van der Waals surface area contributed by atoms with E-state index in [1.807, 2.05) is 12.2 Å². The first-order valence-electron chi connectivity index (χ1n) is 15.3. The molecule has 6 atom stereocenters. The highest BCUT2D eigenvalue weighted by atomic mass is 16.6. The Bertz CT molecular complexity index is 1030. The third kappa shape index (κ3) is 5.28. The molecule has 4 aliphatic carbocycles. The quantitative estimate of drug-likeness (QED) is 0.187. The summed E-state index contributed by atoms with van der Waals surface area (Å²) >= 11 is 0. The second-order valence-electron chi connectivity index (χ2n) is 12.5. The SMILES string of the molecule is CCCC1C=CC=CC1(CCC)OC(=O)C1=C(C(=O)OC2(CCC)C=CC=CC2CCC)C2C=CC1C2(C)C. The highest BCUT2D eigenvalue weighted by Crippen LogP contribution is 2.58. The zero-order valence-corrected chi connectivity index (χ0v) is 24.9. The Labute approximate surface area is 236 Å². The maximum absolute atomic E-state index is 14.2. The van der Waals surface area contributed by atoms with Crippen LogP contribution in [-0.2, 0) is 19.1 Å². The minimum Gasteiger partial charge on any atom is -0.451 e. The molecule has 0 aromatic carbocycles. The third-order valence-electron chi connectivity index (χ3n) is 9.42. The first-order chi connectivity index (χ1) is 18.7. The largest absolute Gasteiger partial charge is 0.451 e. The number of ether oxygens (including phenoxy) is 2. The molecule has 0 aromatic rings. The average molecular weight is 533 g/mol. The molecule has 4 nitrogen and oxygen atoms in total. The number of fused-ring (bicyclic) bond motifs is 2. The van der Waals surface area contributed by atoms with Crippen molar-refractivity contribution in [2.45, 2.75) is 104 Å². The van der Waals surface area contributed by atoms with E-state index < -0.39 is 11.2 Å². The van der Waals surface area contributed by atoms with Crippen molar-refractivity contribution in [2.75, 3.05) is 0 Å². The molecule has 0 N–H and O–H groups in total. The van der Waals surface area contributed by atoms with E-state index in [1.54, 1.807) is 0 Å². The van der Waals surface area contributed by atoms with E-state index in [1.165, 1.54) is 0 Å². The fraction of sp³-hybridized carbons (Fsp3) is 0.600. The molecule has 0 amide bonds. The smallest absolute Gasteiger partial charge is 0.336 e. The van der Waals surface area contributed by atoms with Gasteiger partial charge < -0.3 is 9.47 Å². The fourth-order valence-electron chi connectivity index (χ4n) is 7.46. The summed E-state index contributed by atoms with van der Waals surface area (Å²) < 4.78 is 13.0. The van der Waals surface area contributed by atoms with Crippen LogP contribution in [0.2, 0.25) is 0 Å². The zero-order valence-electron chi connectivity index (χ0n) is 24.9. The highest BCUT2D eigenvalue weighted by Gasteiger charge is 2.56. The number of rotatable bonds is 12. The molecule has 2 bridgehead atoms. The molecule has 0 saturated heterocycles. The third-order valence-corrected chi connectivity index (χ3v) is 9.42. The van der Waals surface area contributed by atoms with Gasteiger partial charge in [0, 0.05) is 23.7 Å². The molecule has 212 valence electrons. The van der Waals surface area contributed by atoms with Gasteiger partial charge >= 0.3 is 11.9 Å². The monoisotopic (exact) mass is 532 g/mol. The second-order valence-corrected chi connectivity index (χ2v) is 12.5. The van der Waals surface area contributed by atoms with Crippen molar-refractivity contribution in [2.24, 2.45) is 29.1 Å². The van der Waals surface area contributed by atoms with Crippen molar-refractivity contribution in [1.82, 2.24) is 0 Å². The summed E-state index contributed by atoms with van der Waals surface area (Å²) in [5.41, 5.74) is -0.670. The van der Waals surface area contributed by atoms with Crippen LogP contribution in [0.25, 0.3) is 0 Å². The Morgan fingerprint density at radius 2 is 1.05 bits per heavy atom. The molecule has 4 rings (SSSR count). The van der Waals surface area contributed by atoms with Crippen molar-refractivity contribution in [3.05, 3.63) is 71.9 Å². The summed E-state index contributed by atoms with van der Waals surface area (Å²) in [7, 11) is 0. The Kier molecular flexibility index (Phi) is 8.93. The van der Waals surface area contributed by atoms with E-state index >= 15 is 0 Å². The normalized spacial score (nSPS) is 33.7. The lowest BCUT2D eigenvalue weighted by Crippen LogP contribution is -2.43. The van der Waals surface area contributed by atoms with Crippen molar-refractivity contribution in [3.63, 3.8) is 0 Å². The summed E-state index contributed by atoms with van der Waals surface area (Å²) in [5, 5.41) is 0. The van der Waals surface area contributed by atoms with Crippen molar-refractivity contribution in [1.29, 1.82) is 0 Å². The van der Waals surface area contributed by atoms with Gasteiger partial charge in [0.25, 0.3) is 0 Å². The fourth-order valence-corrected chi connectivity index (χ4v) is 7.46. The van der Waals surface area contributed by atoms with Crippen molar-refractivity contribution in [3.8, 4) is 0 Å². The molecular formula is C35H48O4. The van der Waals surface area contributed by atoms with Gasteiger partial charge in [0.1, 0.15) is 11.2 Å². The van der Waals surface area contributed by atoms with E-state index in [-0.39, 0.29) is 41.0 Å². The zero-order chi connectivity index (χ0) is 28.3. The van der Waals surface area contributed by atoms with E-state index in [0.29, 0.717) is 11.1 Å². The molecule has 0 spiro atoms. The van der Waals surface area contributed by atoms with E-state index in [9.17, 15) is 9.59 Å². The van der Waals surface area contributed by atoms with Crippen LogP contribution in [0.1, 0.15) is 92.9 Å². The molecule has 6 unspecified atom stereocenters. The lowest BCUT2D eigenvalue weighted by Gasteiger charge is -2.39. The van der Waals surface area contributed by atoms with Crippen molar-refractivity contribution < 1.29 is 19.1 Å². The molecule has 39 heavy (non-hydrogen) atoms. The predicted octanol–water partition coefficient (Wildman–Crippen LogP) is 8.37. The number of allylic oxidation sites excluding steroid dienone is 6. The van der Waals surface area contributed by atoms with Crippen LogP contribution < -0.4 is 0 Å². The molecule has 4 aliphatic rings. The number of hydrogen-bond donors (Lipinski definition) is 0. The molecule has 0 heterocycles. The summed E-state index contributed by atoms with van der Waals surface area (Å²) in [6.07, 6.45) is 27.9. The van der Waals surface area contributed by atoms with Gasteiger partial charge in [-0.05, 0) is 43.3 Å².